The lowest BCUT2D eigenvalue weighted by atomic mass is 10.1. The third kappa shape index (κ3) is 2.42. The molecule has 0 aliphatic carbocycles. The van der Waals surface area contributed by atoms with E-state index in [4.69, 9.17) is 27.9 Å². The van der Waals surface area contributed by atoms with Crippen molar-refractivity contribution in [1.82, 2.24) is 5.32 Å². The molecule has 2 aliphatic heterocycles. The summed E-state index contributed by atoms with van der Waals surface area (Å²) in [5.74, 6) is 0.765. The monoisotopic (exact) mass is 314 g/mol. The number of halogens is 2. The van der Waals surface area contributed by atoms with Crippen LogP contribution in [0.15, 0.2) is 6.07 Å². The Morgan fingerprint density at radius 3 is 3.00 bits per heavy atom. The van der Waals surface area contributed by atoms with Crippen LogP contribution in [-0.2, 0) is 11.2 Å². The fraction of sp³-hybridized carbons (Fsp3) is 0.500. The van der Waals surface area contributed by atoms with E-state index >= 15 is 0 Å². The summed E-state index contributed by atoms with van der Waals surface area (Å²) in [6, 6.07) is 1.92. The average molecular weight is 315 g/mol. The van der Waals surface area contributed by atoms with Crippen molar-refractivity contribution in [3.63, 3.8) is 0 Å². The third-order valence-electron chi connectivity index (χ3n) is 3.77. The minimum atomic E-state index is 0.00705. The Morgan fingerprint density at radius 1 is 1.45 bits per heavy atom. The normalized spacial score (nSPS) is 20.8. The van der Waals surface area contributed by atoms with Crippen LogP contribution < -0.4 is 15.0 Å². The number of hydrogen-bond acceptors (Lipinski definition) is 3. The molecule has 108 valence electrons. The topological polar surface area (TPSA) is 41.6 Å². The van der Waals surface area contributed by atoms with Crippen LogP contribution in [0.25, 0.3) is 0 Å². The first-order valence-corrected chi connectivity index (χ1v) is 7.47. The number of fused-ring (bicyclic) bond motifs is 1. The first-order chi connectivity index (χ1) is 9.56. The average Bonchev–Trinajstić information content (AvgIpc) is 2.98. The minimum absolute atomic E-state index is 0.00705. The van der Waals surface area contributed by atoms with Crippen LogP contribution in [0.5, 0.6) is 5.75 Å². The summed E-state index contributed by atoms with van der Waals surface area (Å²) in [4.78, 5) is 13.4. The molecule has 0 saturated carbocycles. The van der Waals surface area contributed by atoms with Crippen LogP contribution in [-0.4, -0.2) is 31.6 Å². The molecule has 1 aromatic rings. The molecule has 20 heavy (non-hydrogen) atoms. The lowest BCUT2D eigenvalue weighted by Gasteiger charge is -2.23. The fourth-order valence-corrected chi connectivity index (χ4v) is 3.67. The number of anilines is 1. The molecule has 1 amide bonds. The highest BCUT2D eigenvalue weighted by Crippen LogP contribution is 2.45. The molecular weight excluding hydrogens is 299 g/mol. The molecule has 1 atom stereocenters. The van der Waals surface area contributed by atoms with Crippen molar-refractivity contribution in [3.8, 4) is 5.75 Å². The molecule has 0 spiro atoms. The number of carbonyl (C=O) groups excluding carboxylic acids is 1. The summed E-state index contributed by atoms with van der Waals surface area (Å²) in [6.45, 7) is 3.83. The van der Waals surface area contributed by atoms with Gasteiger partial charge in [-0.15, -0.1) is 0 Å². The van der Waals surface area contributed by atoms with Crippen molar-refractivity contribution in [2.45, 2.75) is 25.8 Å². The first-order valence-electron chi connectivity index (χ1n) is 6.72. The molecule has 0 aromatic heterocycles. The van der Waals surface area contributed by atoms with Crippen molar-refractivity contribution in [2.75, 3.05) is 24.6 Å². The molecule has 0 unspecified atom stereocenters. The van der Waals surface area contributed by atoms with Crippen LogP contribution in [0.4, 0.5) is 5.69 Å². The molecule has 2 aliphatic rings. The van der Waals surface area contributed by atoms with Crippen LogP contribution in [0.2, 0.25) is 10.0 Å². The number of rotatable bonds is 2. The predicted molar refractivity (Wildman–Crippen MR) is 80.1 cm³/mol. The van der Waals surface area contributed by atoms with E-state index in [9.17, 15) is 4.79 Å². The Morgan fingerprint density at radius 2 is 2.25 bits per heavy atom. The Kier molecular flexibility index (Phi) is 3.69. The summed E-state index contributed by atoms with van der Waals surface area (Å²) >= 11 is 12.5. The highest BCUT2D eigenvalue weighted by Gasteiger charge is 2.30. The molecule has 3 rings (SSSR count). The number of carbonyl (C=O) groups is 1. The zero-order valence-electron chi connectivity index (χ0n) is 11.2. The Balaban J connectivity index is 1.89. The van der Waals surface area contributed by atoms with Crippen LogP contribution in [0.1, 0.15) is 18.9 Å². The molecule has 1 fully saturated rings. The van der Waals surface area contributed by atoms with Gasteiger partial charge in [0.25, 0.3) is 0 Å². The van der Waals surface area contributed by atoms with Gasteiger partial charge in [0, 0.05) is 38.0 Å². The molecule has 4 nitrogen and oxygen atoms in total. The Bertz CT molecular complexity index is 563. The molecule has 1 saturated heterocycles. The van der Waals surface area contributed by atoms with Crippen LogP contribution >= 0.6 is 23.2 Å². The second-order valence-corrected chi connectivity index (χ2v) is 6.04. The smallest absolute Gasteiger partial charge is 0.217 e. The minimum Gasteiger partial charge on any atom is -0.491 e. The lowest BCUT2D eigenvalue weighted by Crippen LogP contribution is -2.35. The fourth-order valence-electron chi connectivity index (χ4n) is 2.99. The Labute approximate surface area is 128 Å². The molecule has 0 radical (unpaired) electrons. The number of ether oxygens (including phenoxy) is 1. The number of hydrogen-bond donors (Lipinski definition) is 1. The van der Waals surface area contributed by atoms with Gasteiger partial charge < -0.3 is 15.0 Å². The van der Waals surface area contributed by atoms with Gasteiger partial charge in [-0.25, -0.2) is 0 Å². The van der Waals surface area contributed by atoms with Crippen molar-refractivity contribution < 1.29 is 9.53 Å². The number of nitrogens with one attached hydrogen (secondary N) is 1. The van der Waals surface area contributed by atoms with Crippen LogP contribution in [0, 0.1) is 0 Å². The van der Waals surface area contributed by atoms with Gasteiger partial charge in [-0.05, 0) is 12.5 Å². The zero-order valence-corrected chi connectivity index (χ0v) is 12.7. The molecule has 1 aromatic carbocycles. The summed E-state index contributed by atoms with van der Waals surface area (Å²) in [5.41, 5.74) is 2.10. The van der Waals surface area contributed by atoms with Gasteiger partial charge in [0.05, 0.1) is 22.3 Å². The third-order valence-corrected chi connectivity index (χ3v) is 4.34. The summed E-state index contributed by atoms with van der Waals surface area (Å²) in [7, 11) is 0. The summed E-state index contributed by atoms with van der Waals surface area (Å²) < 4.78 is 5.59. The molecule has 1 N–H and O–H groups in total. The van der Waals surface area contributed by atoms with Gasteiger partial charge in [-0.3, -0.25) is 4.79 Å². The zero-order chi connectivity index (χ0) is 14.3. The maximum absolute atomic E-state index is 11.1. The maximum atomic E-state index is 11.1. The van der Waals surface area contributed by atoms with Crippen molar-refractivity contribution in [2.24, 2.45) is 0 Å². The summed E-state index contributed by atoms with van der Waals surface area (Å²) in [5, 5.41) is 4.19. The van der Waals surface area contributed by atoms with E-state index in [1.807, 2.05) is 0 Å². The highest BCUT2D eigenvalue weighted by atomic mass is 35.5. The number of benzene rings is 1. The largest absolute Gasteiger partial charge is 0.491 e. The SMILES string of the molecule is CC(=O)N[C@H]1CCN(c2c(Cl)cc(Cl)c3c2CCO3)C1. The lowest BCUT2D eigenvalue weighted by molar-refractivity contribution is -0.119. The van der Waals surface area contributed by atoms with E-state index in [0.29, 0.717) is 16.7 Å². The number of nitrogens with zero attached hydrogens (tertiary/aromatic N) is 1. The molecule has 2 heterocycles. The second kappa shape index (κ2) is 5.34. The highest BCUT2D eigenvalue weighted by molar-refractivity contribution is 6.37. The standard InChI is InChI=1S/C14H16Cl2N2O2/c1-8(19)17-9-2-4-18(7-9)13-10-3-5-20-14(10)12(16)6-11(13)15/h6,9H,2-5,7H2,1H3,(H,17,19)/t9-/m0/s1. The maximum Gasteiger partial charge on any atom is 0.217 e. The van der Waals surface area contributed by atoms with Gasteiger partial charge in [-0.1, -0.05) is 23.2 Å². The molecule has 6 heteroatoms. The van der Waals surface area contributed by atoms with E-state index < -0.39 is 0 Å². The van der Waals surface area contributed by atoms with Gasteiger partial charge in [0.15, 0.2) is 0 Å². The van der Waals surface area contributed by atoms with Gasteiger partial charge in [-0.2, -0.15) is 0 Å². The van der Waals surface area contributed by atoms with E-state index in [-0.39, 0.29) is 11.9 Å². The first kappa shape index (κ1) is 13.8. The molecule has 0 bridgehead atoms. The molecular formula is C14H16Cl2N2O2. The van der Waals surface area contributed by atoms with Crippen molar-refractivity contribution in [1.29, 1.82) is 0 Å². The van der Waals surface area contributed by atoms with Crippen molar-refractivity contribution in [3.05, 3.63) is 21.7 Å². The van der Waals surface area contributed by atoms with E-state index in [2.05, 4.69) is 10.2 Å². The predicted octanol–water partition coefficient (Wildman–Crippen LogP) is 2.64. The van der Waals surface area contributed by atoms with E-state index in [1.54, 1.807) is 13.0 Å². The Hall–Kier alpha value is -1.13. The second-order valence-electron chi connectivity index (χ2n) is 5.23. The number of amides is 1. The van der Waals surface area contributed by atoms with Gasteiger partial charge in [0.2, 0.25) is 5.91 Å². The van der Waals surface area contributed by atoms with Crippen LogP contribution in [0.3, 0.4) is 0 Å². The summed E-state index contributed by atoms with van der Waals surface area (Å²) in [6.07, 6.45) is 1.75. The van der Waals surface area contributed by atoms with Gasteiger partial charge in [0.1, 0.15) is 5.75 Å². The van der Waals surface area contributed by atoms with Gasteiger partial charge >= 0.3 is 0 Å². The van der Waals surface area contributed by atoms with Crippen molar-refractivity contribution >= 4 is 34.8 Å². The quantitative estimate of drug-likeness (QED) is 0.912. The van der Waals surface area contributed by atoms with E-state index in [1.165, 1.54) is 0 Å². The van der Waals surface area contributed by atoms with E-state index in [0.717, 1.165) is 42.9 Å².